The van der Waals surface area contributed by atoms with Gasteiger partial charge in [-0.2, -0.15) is 5.26 Å². The van der Waals surface area contributed by atoms with Crippen LogP contribution in [0.2, 0.25) is 0 Å². The van der Waals surface area contributed by atoms with E-state index >= 15 is 0 Å². The zero-order chi connectivity index (χ0) is 20.0. The number of halogens is 1. The van der Waals surface area contributed by atoms with Gasteiger partial charge in [-0.25, -0.2) is 14.2 Å². The Labute approximate surface area is 154 Å². The number of hydrogen-bond donors (Lipinski definition) is 2. The van der Waals surface area contributed by atoms with E-state index in [0.717, 1.165) is 0 Å². The van der Waals surface area contributed by atoms with Crippen molar-refractivity contribution in [2.24, 2.45) is 0 Å². The Kier molecular flexibility index (Phi) is 4.24. The molecule has 0 fully saturated rings. The summed E-state index contributed by atoms with van der Waals surface area (Å²) in [5.41, 5.74) is 7.85. The van der Waals surface area contributed by atoms with Crippen molar-refractivity contribution in [2.75, 3.05) is 12.8 Å². The van der Waals surface area contributed by atoms with E-state index in [1.165, 1.54) is 17.7 Å². The summed E-state index contributed by atoms with van der Waals surface area (Å²) in [4.78, 5) is 16.0. The second-order valence-corrected chi connectivity index (χ2v) is 6.18. The predicted molar refractivity (Wildman–Crippen MR) is 97.9 cm³/mol. The molecule has 0 bridgehead atoms. The Morgan fingerprint density at radius 2 is 2.00 bits per heavy atom. The number of anilines is 1. The zero-order valence-electron chi connectivity index (χ0n) is 15.2. The molecule has 0 saturated carbocycles. The molecule has 0 aliphatic carbocycles. The summed E-state index contributed by atoms with van der Waals surface area (Å²) in [5, 5.41) is 19.5. The van der Waals surface area contributed by atoms with Crippen LogP contribution in [0.4, 0.5) is 10.2 Å². The number of ether oxygens (including phenoxy) is 1. The van der Waals surface area contributed by atoms with E-state index in [1.54, 1.807) is 26.8 Å². The molecule has 7 nitrogen and oxygen atoms in total. The van der Waals surface area contributed by atoms with Gasteiger partial charge in [-0.15, -0.1) is 0 Å². The number of hydrogen-bond acceptors (Lipinski definition) is 5. The molecule has 0 aliphatic rings. The average Bonchev–Trinajstić information content (AvgIpc) is 2.89. The monoisotopic (exact) mass is 368 g/mol. The summed E-state index contributed by atoms with van der Waals surface area (Å²) >= 11 is 0. The van der Waals surface area contributed by atoms with Gasteiger partial charge in [0, 0.05) is 28.3 Å². The normalized spacial score (nSPS) is 10.8. The van der Waals surface area contributed by atoms with Crippen LogP contribution in [0.5, 0.6) is 5.75 Å². The predicted octanol–water partition coefficient (Wildman–Crippen LogP) is 3.25. The summed E-state index contributed by atoms with van der Waals surface area (Å²) in [5.74, 6) is -1.61. The Morgan fingerprint density at radius 3 is 2.56 bits per heavy atom. The molecule has 0 radical (unpaired) electrons. The third kappa shape index (κ3) is 2.56. The van der Waals surface area contributed by atoms with E-state index < -0.39 is 11.8 Å². The van der Waals surface area contributed by atoms with Crippen molar-refractivity contribution in [2.45, 2.75) is 20.8 Å². The number of fused-ring (bicyclic) bond motifs is 1. The molecule has 0 aliphatic heterocycles. The van der Waals surface area contributed by atoms with Crippen molar-refractivity contribution >= 4 is 22.7 Å². The summed E-state index contributed by atoms with van der Waals surface area (Å²) < 4.78 is 21.1. The number of benzene rings is 1. The van der Waals surface area contributed by atoms with Crippen LogP contribution < -0.4 is 10.5 Å². The molecule has 2 heterocycles. The molecule has 0 atom stereocenters. The quantitative estimate of drug-likeness (QED) is 0.733. The van der Waals surface area contributed by atoms with Gasteiger partial charge in [0.25, 0.3) is 0 Å². The minimum atomic E-state index is -1.25. The largest absolute Gasteiger partial charge is 0.496 e. The van der Waals surface area contributed by atoms with Crippen LogP contribution in [0, 0.1) is 37.9 Å². The van der Waals surface area contributed by atoms with Crippen LogP contribution in [0.15, 0.2) is 12.1 Å². The van der Waals surface area contributed by atoms with Gasteiger partial charge in [0.05, 0.1) is 18.3 Å². The lowest BCUT2D eigenvalue weighted by Crippen LogP contribution is -2.09. The number of aromatic nitrogens is 2. The van der Waals surface area contributed by atoms with Crippen LogP contribution in [-0.2, 0) is 0 Å². The lowest BCUT2D eigenvalue weighted by molar-refractivity contribution is 0.0700. The standard InChI is InChI=1S/C19H17FN4O3/c1-8-5-11-15(19(25)26)18(22)24(17(11)13(7-21)23-8)16-9(2)12(20)6-14(27-4)10(16)3/h5-6H,22H2,1-4H3,(H,25,26). The number of nitriles is 1. The summed E-state index contributed by atoms with van der Waals surface area (Å²) in [6.07, 6.45) is 0. The van der Waals surface area contributed by atoms with E-state index in [9.17, 15) is 19.6 Å². The van der Waals surface area contributed by atoms with Gasteiger partial charge in [0.15, 0.2) is 5.69 Å². The molecule has 0 amide bonds. The average molecular weight is 368 g/mol. The van der Waals surface area contributed by atoms with Crippen LogP contribution in [0.25, 0.3) is 16.6 Å². The van der Waals surface area contributed by atoms with Crippen molar-refractivity contribution < 1.29 is 19.0 Å². The molecule has 1 aromatic carbocycles. The van der Waals surface area contributed by atoms with Gasteiger partial charge in [-0.3, -0.25) is 4.57 Å². The smallest absolute Gasteiger partial charge is 0.340 e. The van der Waals surface area contributed by atoms with Gasteiger partial charge in [-0.05, 0) is 26.8 Å². The third-order valence-electron chi connectivity index (χ3n) is 4.57. The van der Waals surface area contributed by atoms with Crippen molar-refractivity contribution in [3.05, 3.63) is 46.0 Å². The van der Waals surface area contributed by atoms with Crippen molar-refractivity contribution in [3.63, 3.8) is 0 Å². The van der Waals surface area contributed by atoms with Gasteiger partial charge >= 0.3 is 5.97 Å². The Morgan fingerprint density at radius 1 is 1.33 bits per heavy atom. The van der Waals surface area contributed by atoms with E-state index in [0.29, 0.717) is 16.9 Å². The second-order valence-electron chi connectivity index (χ2n) is 6.18. The number of aryl methyl sites for hydroxylation is 1. The third-order valence-corrected chi connectivity index (χ3v) is 4.57. The fourth-order valence-corrected chi connectivity index (χ4v) is 3.38. The number of nitrogens with zero attached hydrogens (tertiary/aromatic N) is 3. The zero-order valence-corrected chi connectivity index (χ0v) is 15.2. The minimum Gasteiger partial charge on any atom is -0.496 e. The number of carbonyl (C=O) groups is 1. The molecule has 27 heavy (non-hydrogen) atoms. The first kappa shape index (κ1) is 18.2. The highest BCUT2D eigenvalue weighted by molar-refractivity contribution is 6.10. The number of carboxylic acid groups (broad SMARTS) is 1. The topological polar surface area (TPSA) is 114 Å². The van der Waals surface area contributed by atoms with Crippen molar-refractivity contribution in [3.8, 4) is 17.5 Å². The first-order valence-electron chi connectivity index (χ1n) is 8.01. The van der Waals surface area contributed by atoms with E-state index in [1.807, 2.05) is 6.07 Å². The molecule has 0 spiro atoms. The highest BCUT2D eigenvalue weighted by Gasteiger charge is 2.27. The molecule has 0 saturated heterocycles. The van der Waals surface area contributed by atoms with E-state index in [2.05, 4.69) is 4.98 Å². The number of pyridine rings is 1. The number of nitrogen functional groups attached to an aromatic ring is 1. The van der Waals surface area contributed by atoms with Crippen LogP contribution in [-0.4, -0.2) is 27.7 Å². The van der Waals surface area contributed by atoms with E-state index in [-0.39, 0.29) is 39.3 Å². The maximum Gasteiger partial charge on any atom is 0.340 e. The van der Waals surface area contributed by atoms with Crippen molar-refractivity contribution in [1.82, 2.24) is 9.55 Å². The molecule has 8 heteroatoms. The summed E-state index contributed by atoms with van der Waals surface area (Å²) in [6, 6.07) is 4.78. The lowest BCUT2D eigenvalue weighted by Gasteiger charge is -2.18. The molecule has 3 N–H and O–H groups in total. The number of nitrogens with two attached hydrogens (primary N) is 1. The van der Waals surface area contributed by atoms with E-state index in [4.69, 9.17) is 10.5 Å². The first-order valence-corrected chi connectivity index (χ1v) is 8.01. The molecule has 3 rings (SSSR count). The van der Waals surface area contributed by atoms with Gasteiger partial charge in [0.1, 0.15) is 29.0 Å². The van der Waals surface area contributed by atoms with Gasteiger partial charge in [0.2, 0.25) is 0 Å². The molecule has 3 aromatic rings. The molecule has 2 aromatic heterocycles. The lowest BCUT2D eigenvalue weighted by atomic mass is 10.1. The molecular weight excluding hydrogens is 351 g/mol. The highest BCUT2D eigenvalue weighted by Crippen LogP contribution is 2.38. The Hall–Kier alpha value is -3.60. The fourth-order valence-electron chi connectivity index (χ4n) is 3.38. The van der Waals surface area contributed by atoms with Crippen molar-refractivity contribution in [1.29, 1.82) is 5.26 Å². The van der Waals surface area contributed by atoms with Crippen LogP contribution in [0.3, 0.4) is 0 Å². The Bertz CT molecular complexity index is 1160. The SMILES string of the molecule is COc1cc(F)c(C)c(-n2c(N)c(C(=O)O)c3cc(C)nc(C#N)c32)c1C. The van der Waals surface area contributed by atoms with Crippen LogP contribution >= 0.6 is 0 Å². The number of rotatable bonds is 3. The number of aromatic carboxylic acids is 1. The number of methoxy groups -OCH3 is 1. The highest BCUT2D eigenvalue weighted by atomic mass is 19.1. The maximum absolute atomic E-state index is 14.5. The van der Waals surface area contributed by atoms with Crippen LogP contribution in [0.1, 0.15) is 32.9 Å². The summed E-state index contributed by atoms with van der Waals surface area (Å²) in [7, 11) is 1.41. The molecule has 138 valence electrons. The Balaban J connectivity index is 2.63. The maximum atomic E-state index is 14.5. The van der Waals surface area contributed by atoms with Gasteiger partial charge < -0.3 is 15.6 Å². The second kappa shape index (κ2) is 6.29. The molecular formula is C19H17FN4O3. The number of carboxylic acids is 1. The summed E-state index contributed by atoms with van der Waals surface area (Å²) in [6.45, 7) is 4.91. The molecule has 0 unspecified atom stereocenters. The van der Waals surface area contributed by atoms with Gasteiger partial charge in [-0.1, -0.05) is 0 Å². The fraction of sp³-hybridized carbons (Fsp3) is 0.211. The first-order chi connectivity index (χ1) is 12.7. The minimum absolute atomic E-state index is 0.00577.